The van der Waals surface area contributed by atoms with Gasteiger partial charge in [-0.1, -0.05) is 67.9 Å². The number of phenolic OH excluding ortho intramolecular Hbond substituents is 1. The summed E-state index contributed by atoms with van der Waals surface area (Å²) in [4.78, 5) is 25.5. The van der Waals surface area contributed by atoms with Gasteiger partial charge in [-0.3, -0.25) is 9.59 Å². The summed E-state index contributed by atoms with van der Waals surface area (Å²) >= 11 is 11.4. The number of carbonyl (C=O) groups is 2. The lowest BCUT2D eigenvalue weighted by Gasteiger charge is -2.48. The van der Waals surface area contributed by atoms with Gasteiger partial charge in [0.1, 0.15) is 11.5 Å². The Morgan fingerprint density at radius 2 is 1.25 bits per heavy atom. The summed E-state index contributed by atoms with van der Waals surface area (Å²) in [7, 11) is 0. The molecule has 2 atom stereocenters. The molecular weight excluding hydrogens is 755 g/mol. The Labute approximate surface area is 350 Å². The van der Waals surface area contributed by atoms with Crippen molar-refractivity contribution < 1.29 is 31.0 Å². The van der Waals surface area contributed by atoms with E-state index in [9.17, 15) is 14.7 Å². The Hall–Kier alpha value is -4.08. The average molecular weight is 819 g/mol. The highest BCUT2D eigenvalue weighted by Crippen LogP contribution is 2.34. The summed E-state index contributed by atoms with van der Waals surface area (Å²) in [5, 5.41) is 23.9. The second kappa shape index (κ2) is 19.1. The molecule has 308 valence electrons. The molecule has 0 bridgehead atoms. The van der Waals surface area contributed by atoms with E-state index >= 15 is 0 Å². The number of phenols is 1. The number of nitrogens with one attached hydrogen (secondary N) is 4. The number of hydrogen-bond acceptors (Lipinski definition) is 6. The lowest BCUT2D eigenvalue weighted by atomic mass is 9.75. The summed E-state index contributed by atoms with van der Waals surface area (Å²) in [5.74, 6) is 1.00. The number of piperidine rings is 2. The maximum atomic E-state index is 13.1. The van der Waals surface area contributed by atoms with Crippen LogP contribution >= 0.6 is 11.6 Å². The molecule has 2 amide bonds. The van der Waals surface area contributed by atoms with Crippen molar-refractivity contribution in [3.05, 3.63) is 123 Å². The van der Waals surface area contributed by atoms with E-state index in [-0.39, 0.29) is 51.8 Å². The smallest absolute Gasteiger partial charge is 0.267 e. The van der Waals surface area contributed by atoms with Gasteiger partial charge in [0.2, 0.25) is 0 Å². The average Bonchev–Trinajstić information content (AvgIpc) is 3.10. The number of ether oxygens (including phenoxy) is 1. The number of benzene rings is 4. The SMILES string of the molecule is CC.CC1(C)CC(NC(=O)c2ccc(O)c([ClH+])c2)CC(C)(C)N1.Cc1ccccc1CC1(C)CC(NC(=O)c2ccc(Oc3ccccc3)c(Cl)c2)CC(C)(C)N1. The zero-order valence-electron chi connectivity index (χ0n) is 35.3. The molecule has 57 heavy (non-hydrogen) atoms. The number of para-hydroxylation sites is 1. The van der Waals surface area contributed by atoms with E-state index < -0.39 is 0 Å². The number of aromatic hydroxyl groups is 1. The quantitative estimate of drug-likeness (QED) is 0.121. The van der Waals surface area contributed by atoms with E-state index in [1.165, 1.54) is 23.3 Å². The maximum absolute atomic E-state index is 13.1. The molecule has 2 aliphatic rings. The topological polar surface area (TPSA) is 112 Å². The van der Waals surface area contributed by atoms with Crippen LogP contribution in [0.25, 0.3) is 0 Å². The van der Waals surface area contributed by atoms with Crippen molar-refractivity contribution in [2.24, 2.45) is 0 Å². The number of amides is 2. The van der Waals surface area contributed by atoms with Crippen molar-refractivity contribution >= 4 is 23.4 Å². The third kappa shape index (κ3) is 13.5. The number of halogens is 2. The van der Waals surface area contributed by atoms with Crippen LogP contribution < -0.4 is 26.0 Å². The lowest BCUT2D eigenvalue weighted by molar-refractivity contribution is -0.290. The lowest BCUT2D eigenvalue weighted by Crippen LogP contribution is -2.64. The Balaban J connectivity index is 0.000000269. The Morgan fingerprint density at radius 1 is 0.737 bits per heavy atom. The van der Waals surface area contributed by atoms with Gasteiger partial charge < -0.3 is 31.1 Å². The molecule has 5 N–H and O–H groups in total. The minimum absolute atomic E-state index is 0.0160. The molecule has 2 aliphatic heterocycles. The molecule has 0 saturated carbocycles. The third-order valence-electron chi connectivity index (χ3n) is 10.2. The highest BCUT2D eigenvalue weighted by Gasteiger charge is 2.41. The summed E-state index contributed by atoms with van der Waals surface area (Å²) in [6.07, 6.45) is 4.36. The number of carbonyl (C=O) groups excluding carboxylic acids is 2. The van der Waals surface area contributed by atoms with E-state index in [1.54, 1.807) is 24.3 Å². The van der Waals surface area contributed by atoms with Gasteiger partial charge in [-0.05, 0) is 141 Å². The minimum Gasteiger partial charge on any atom is -0.503 e. The maximum Gasteiger partial charge on any atom is 0.267 e. The van der Waals surface area contributed by atoms with Crippen molar-refractivity contribution in [3.63, 3.8) is 0 Å². The molecule has 2 heterocycles. The summed E-state index contributed by atoms with van der Waals surface area (Å²) in [6.45, 7) is 21.4. The highest BCUT2D eigenvalue weighted by molar-refractivity contribution is 6.32. The summed E-state index contributed by atoms with van der Waals surface area (Å²) in [6, 6.07) is 27.9. The van der Waals surface area contributed by atoms with Gasteiger partial charge in [0.05, 0.1) is 5.02 Å². The first-order chi connectivity index (χ1) is 26.7. The molecule has 0 aromatic heterocycles. The van der Waals surface area contributed by atoms with E-state index in [0.29, 0.717) is 32.7 Å². The molecule has 10 heteroatoms. The predicted octanol–water partition coefficient (Wildman–Crippen LogP) is 9.86. The van der Waals surface area contributed by atoms with Crippen LogP contribution in [-0.4, -0.2) is 51.2 Å². The Morgan fingerprint density at radius 3 is 1.81 bits per heavy atom. The highest BCUT2D eigenvalue weighted by atomic mass is 35.5. The first-order valence-corrected chi connectivity index (χ1v) is 20.8. The van der Waals surface area contributed by atoms with Crippen LogP contribution in [0, 0.1) is 18.5 Å². The van der Waals surface area contributed by atoms with Crippen molar-refractivity contribution in [2.45, 2.75) is 136 Å². The van der Waals surface area contributed by atoms with Crippen molar-refractivity contribution in [1.82, 2.24) is 21.3 Å². The second-order valence-electron chi connectivity index (χ2n) is 17.5. The molecule has 0 aliphatic carbocycles. The van der Waals surface area contributed by atoms with Crippen LogP contribution in [0.5, 0.6) is 17.2 Å². The molecule has 2 saturated heterocycles. The van der Waals surface area contributed by atoms with Crippen molar-refractivity contribution in [2.75, 3.05) is 0 Å². The van der Waals surface area contributed by atoms with E-state index in [2.05, 4.69) is 101 Å². The molecule has 8 nitrogen and oxygen atoms in total. The Kier molecular flexibility index (Phi) is 15.3. The molecule has 0 spiro atoms. The molecule has 6 rings (SSSR count). The zero-order valence-corrected chi connectivity index (χ0v) is 36.9. The van der Waals surface area contributed by atoms with E-state index in [4.69, 9.17) is 27.9 Å². The largest absolute Gasteiger partial charge is 0.503 e. The molecular formula is C47H63Cl2N4O4+. The first-order valence-electron chi connectivity index (χ1n) is 20.0. The van der Waals surface area contributed by atoms with Crippen molar-refractivity contribution in [1.29, 1.82) is 0 Å². The molecule has 4 aromatic carbocycles. The standard InChI is InChI=1S/C29H33ClN2O2.C16H23ClN2O2.C2H6/c1-20-10-8-9-11-22(20)17-29(4)19-23(18-28(2,3)32-29)31-27(33)21-14-15-26(25(30)16-21)34-24-12-6-5-7-13-24;1-15(2)8-11(9-16(3,4)19-15)18-14(21)10-5-6-13(20)12(17)7-10;1-2/h5-16,23,32H,17-19H2,1-4H3,(H,31,33);5-7,11,17,19H,8-9H2,1-4H3,(H-,18,20,21);1-2H3/p+1. The van der Waals surface area contributed by atoms with Crippen LogP contribution in [0.3, 0.4) is 0 Å². The van der Waals surface area contributed by atoms with E-state index in [0.717, 1.165) is 32.1 Å². The number of aryl methyl sites for hydroxylation is 1. The van der Waals surface area contributed by atoms with Gasteiger partial charge in [-0.25, -0.2) is 0 Å². The Bertz CT molecular complexity index is 1970. The first kappa shape index (κ1) is 45.6. The summed E-state index contributed by atoms with van der Waals surface area (Å²) in [5.41, 5.74) is 3.39. The van der Waals surface area contributed by atoms with Gasteiger partial charge in [-0.2, -0.15) is 0 Å². The summed E-state index contributed by atoms with van der Waals surface area (Å²) < 4.78 is 5.84. The van der Waals surface area contributed by atoms with Gasteiger partial charge in [0.25, 0.3) is 16.8 Å². The van der Waals surface area contributed by atoms with Crippen LogP contribution in [0.1, 0.15) is 120 Å². The monoisotopic (exact) mass is 817 g/mol. The minimum atomic E-state index is -0.139. The van der Waals surface area contributed by atoms with E-state index in [1.807, 2.05) is 44.2 Å². The molecule has 4 aromatic rings. The number of rotatable bonds is 8. The zero-order chi connectivity index (χ0) is 42.2. The third-order valence-corrected chi connectivity index (χ3v) is 10.8. The van der Waals surface area contributed by atoms with Gasteiger partial charge in [0.15, 0.2) is 17.4 Å². The van der Waals surface area contributed by atoms with Crippen LogP contribution in [0.4, 0.5) is 0 Å². The fourth-order valence-electron chi connectivity index (χ4n) is 8.56. The van der Waals surface area contributed by atoms with Crippen LogP contribution in [0.2, 0.25) is 10.0 Å². The predicted molar refractivity (Wildman–Crippen MR) is 231 cm³/mol. The molecule has 2 fully saturated rings. The van der Waals surface area contributed by atoms with Crippen molar-refractivity contribution in [3.8, 4) is 17.2 Å². The normalized spacial score (nSPS) is 20.7. The van der Waals surface area contributed by atoms with Gasteiger partial charge in [0, 0.05) is 51.4 Å². The molecule has 2 unspecified atom stereocenters. The van der Waals surface area contributed by atoms with Gasteiger partial charge >= 0.3 is 0 Å². The van der Waals surface area contributed by atoms with Gasteiger partial charge in [-0.15, -0.1) is 0 Å². The number of hydrogen-bond donors (Lipinski definition) is 5. The fraction of sp³-hybridized carbons (Fsp3) is 0.447. The van der Waals surface area contributed by atoms with Crippen LogP contribution in [0.15, 0.2) is 91.0 Å². The molecule has 0 radical (unpaired) electrons. The van der Waals surface area contributed by atoms with Crippen LogP contribution in [-0.2, 0) is 6.42 Å². The fourth-order valence-corrected chi connectivity index (χ4v) is 8.97. The second-order valence-corrected chi connectivity index (χ2v) is 18.3.